The summed E-state index contributed by atoms with van der Waals surface area (Å²) < 4.78 is 0. The van der Waals surface area contributed by atoms with E-state index in [2.05, 4.69) is 102 Å². The topological polar surface area (TPSA) is 0 Å². The summed E-state index contributed by atoms with van der Waals surface area (Å²) in [5.41, 5.74) is 9.40. The highest BCUT2D eigenvalue weighted by Crippen LogP contribution is 2.51. The van der Waals surface area contributed by atoms with Crippen LogP contribution < -0.4 is 0 Å². The molecular formula is C27H32. The maximum Gasteiger partial charge on any atom is 0.00787 e. The molecule has 0 nitrogen and oxygen atoms in total. The lowest BCUT2D eigenvalue weighted by atomic mass is 9.78. The van der Waals surface area contributed by atoms with E-state index in [9.17, 15) is 0 Å². The van der Waals surface area contributed by atoms with Crippen molar-refractivity contribution in [2.75, 3.05) is 0 Å². The summed E-state index contributed by atoms with van der Waals surface area (Å²) >= 11 is 0. The molecule has 2 aliphatic carbocycles. The van der Waals surface area contributed by atoms with Crippen LogP contribution in [0, 0.1) is 10.8 Å². The molecule has 2 atom stereocenters. The molecule has 0 fully saturated rings. The monoisotopic (exact) mass is 356 g/mol. The van der Waals surface area contributed by atoms with Crippen molar-refractivity contribution in [3.63, 3.8) is 0 Å². The van der Waals surface area contributed by atoms with E-state index >= 15 is 0 Å². The lowest BCUT2D eigenvalue weighted by Gasteiger charge is -2.26. The molecule has 0 spiro atoms. The van der Waals surface area contributed by atoms with E-state index < -0.39 is 0 Å². The Kier molecular flexibility index (Phi) is 4.22. The fourth-order valence-electron chi connectivity index (χ4n) is 4.83. The minimum atomic E-state index is 0.244. The van der Waals surface area contributed by atoms with Crippen molar-refractivity contribution >= 4 is 11.1 Å². The SMILES string of the molecule is CC(C)(C)[C@H]1C=C(CC2=C[C@H](C(C)(C)C)c3ccccc32)c2ccccc21. The Morgan fingerprint density at radius 3 is 1.33 bits per heavy atom. The zero-order chi connectivity index (χ0) is 19.4. The Bertz CT molecular complexity index is 847. The number of hydrogen-bond donors (Lipinski definition) is 0. The summed E-state index contributed by atoms with van der Waals surface area (Å²) in [6.07, 6.45) is 6.12. The van der Waals surface area contributed by atoms with E-state index in [4.69, 9.17) is 0 Å². The second-order valence-corrected chi connectivity index (χ2v) is 10.4. The summed E-state index contributed by atoms with van der Waals surface area (Å²) in [6.45, 7) is 14.1. The van der Waals surface area contributed by atoms with Gasteiger partial charge in [0, 0.05) is 11.8 Å². The molecule has 0 aliphatic heterocycles. The molecule has 0 aromatic heterocycles. The second kappa shape index (κ2) is 6.23. The smallest absolute Gasteiger partial charge is 0.00787 e. The number of rotatable bonds is 2. The van der Waals surface area contributed by atoms with Gasteiger partial charge in [0.25, 0.3) is 0 Å². The molecule has 2 aliphatic rings. The van der Waals surface area contributed by atoms with Gasteiger partial charge in [-0.15, -0.1) is 0 Å². The maximum absolute atomic E-state index is 2.54. The summed E-state index contributed by atoms with van der Waals surface area (Å²) in [4.78, 5) is 0. The minimum absolute atomic E-state index is 0.244. The fraction of sp³-hybridized carbons (Fsp3) is 0.407. The van der Waals surface area contributed by atoms with Gasteiger partial charge in [-0.25, -0.2) is 0 Å². The molecule has 0 bridgehead atoms. The van der Waals surface area contributed by atoms with Crippen molar-refractivity contribution in [3.05, 3.63) is 82.9 Å². The van der Waals surface area contributed by atoms with Crippen molar-refractivity contribution in [3.8, 4) is 0 Å². The van der Waals surface area contributed by atoms with Gasteiger partial charge in [0.1, 0.15) is 0 Å². The van der Waals surface area contributed by atoms with Crippen molar-refractivity contribution < 1.29 is 0 Å². The molecule has 0 heterocycles. The average Bonchev–Trinajstić information content (AvgIpc) is 3.15. The summed E-state index contributed by atoms with van der Waals surface area (Å²) in [7, 11) is 0. The van der Waals surface area contributed by atoms with Gasteiger partial charge in [0.05, 0.1) is 0 Å². The Hall–Kier alpha value is -2.08. The molecular weight excluding hydrogens is 324 g/mol. The second-order valence-electron chi connectivity index (χ2n) is 10.4. The normalized spacial score (nSPS) is 21.6. The predicted octanol–water partition coefficient (Wildman–Crippen LogP) is 7.83. The van der Waals surface area contributed by atoms with Crippen LogP contribution in [-0.2, 0) is 0 Å². The van der Waals surface area contributed by atoms with Crippen LogP contribution in [0.2, 0.25) is 0 Å². The van der Waals surface area contributed by atoms with Crippen molar-refractivity contribution in [1.82, 2.24) is 0 Å². The molecule has 140 valence electrons. The van der Waals surface area contributed by atoms with Gasteiger partial charge in [-0.2, -0.15) is 0 Å². The van der Waals surface area contributed by atoms with Crippen molar-refractivity contribution in [1.29, 1.82) is 0 Å². The van der Waals surface area contributed by atoms with Gasteiger partial charge >= 0.3 is 0 Å². The number of allylic oxidation sites excluding steroid dienone is 4. The molecule has 2 aromatic rings. The van der Waals surface area contributed by atoms with E-state index in [0.29, 0.717) is 11.8 Å². The van der Waals surface area contributed by atoms with Crippen LogP contribution in [0.15, 0.2) is 60.7 Å². The molecule has 0 saturated heterocycles. The third-order valence-electron chi connectivity index (χ3n) is 6.27. The van der Waals surface area contributed by atoms with Crippen LogP contribution in [0.1, 0.15) is 82.1 Å². The molecule has 0 saturated carbocycles. The Balaban J connectivity index is 1.74. The average molecular weight is 357 g/mol. The van der Waals surface area contributed by atoms with Crippen LogP contribution in [-0.4, -0.2) is 0 Å². The summed E-state index contributed by atoms with van der Waals surface area (Å²) in [6, 6.07) is 18.0. The lowest BCUT2D eigenvalue weighted by Crippen LogP contribution is -2.14. The summed E-state index contributed by atoms with van der Waals surface area (Å²) in [5, 5.41) is 0. The molecule has 0 N–H and O–H groups in total. The van der Waals surface area contributed by atoms with Gasteiger partial charge in [0.15, 0.2) is 0 Å². The van der Waals surface area contributed by atoms with E-state index in [-0.39, 0.29) is 10.8 Å². The predicted molar refractivity (Wildman–Crippen MR) is 118 cm³/mol. The van der Waals surface area contributed by atoms with Gasteiger partial charge in [-0.05, 0) is 50.7 Å². The van der Waals surface area contributed by atoms with Crippen LogP contribution in [0.25, 0.3) is 11.1 Å². The standard InChI is InChI=1S/C27H32/c1-26(2,3)24-16-18(20-11-7-9-13-22(20)24)15-19-17-25(27(4,5)6)23-14-10-8-12-21(19)23/h7-14,16-17,24-25H,15H2,1-6H3/t24-,25-/m0/s1. The third-order valence-corrected chi connectivity index (χ3v) is 6.27. The van der Waals surface area contributed by atoms with Crippen LogP contribution in [0.3, 0.4) is 0 Å². The van der Waals surface area contributed by atoms with Gasteiger partial charge in [0.2, 0.25) is 0 Å². The van der Waals surface area contributed by atoms with E-state index in [1.54, 1.807) is 0 Å². The van der Waals surface area contributed by atoms with E-state index in [1.165, 1.54) is 33.4 Å². The first kappa shape index (κ1) is 18.3. The fourth-order valence-corrected chi connectivity index (χ4v) is 4.83. The zero-order valence-corrected chi connectivity index (χ0v) is 17.6. The molecule has 0 amide bonds. The Morgan fingerprint density at radius 1 is 0.593 bits per heavy atom. The van der Waals surface area contributed by atoms with Crippen molar-refractivity contribution in [2.45, 2.75) is 59.8 Å². The third kappa shape index (κ3) is 3.20. The molecule has 2 aromatic carbocycles. The van der Waals surface area contributed by atoms with Gasteiger partial charge < -0.3 is 0 Å². The Labute approximate surface area is 165 Å². The van der Waals surface area contributed by atoms with E-state index in [0.717, 1.165) is 6.42 Å². The number of benzene rings is 2. The lowest BCUT2D eigenvalue weighted by molar-refractivity contribution is 0.369. The first-order chi connectivity index (χ1) is 12.7. The van der Waals surface area contributed by atoms with Gasteiger partial charge in [-0.1, -0.05) is 102 Å². The number of fused-ring (bicyclic) bond motifs is 2. The first-order valence-electron chi connectivity index (χ1n) is 10.3. The highest BCUT2D eigenvalue weighted by Gasteiger charge is 2.35. The van der Waals surface area contributed by atoms with Crippen LogP contribution >= 0.6 is 0 Å². The zero-order valence-electron chi connectivity index (χ0n) is 17.6. The Morgan fingerprint density at radius 2 is 0.963 bits per heavy atom. The molecule has 27 heavy (non-hydrogen) atoms. The number of hydrogen-bond acceptors (Lipinski definition) is 0. The van der Waals surface area contributed by atoms with E-state index in [1.807, 2.05) is 0 Å². The van der Waals surface area contributed by atoms with Gasteiger partial charge in [-0.3, -0.25) is 0 Å². The highest BCUT2D eigenvalue weighted by atomic mass is 14.4. The minimum Gasteiger partial charge on any atom is -0.0723 e. The van der Waals surface area contributed by atoms with Crippen LogP contribution in [0.5, 0.6) is 0 Å². The largest absolute Gasteiger partial charge is 0.0723 e. The molecule has 0 heteroatoms. The quantitative estimate of drug-likeness (QED) is 0.514. The molecule has 0 unspecified atom stereocenters. The highest BCUT2D eigenvalue weighted by molar-refractivity contribution is 5.87. The molecule has 0 radical (unpaired) electrons. The van der Waals surface area contributed by atoms with Crippen LogP contribution in [0.4, 0.5) is 0 Å². The first-order valence-corrected chi connectivity index (χ1v) is 10.3. The summed E-state index contributed by atoms with van der Waals surface area (Å²) in [5.74, 6) is 0.999. The molecule has 4 rings (SSSR count). The van der Waals surface area contributed by atoms with Crippen molar-refractivity contribution in [2.24, 2.45) is 10.8 Å². The maximum atomic E-state index is 2.54.